The third kappa shape index (κ3) is 5.37. The number of imidazole rings is 1. The highest BCUT2D eigenvalue weighted by molar-refractivity contribution is 5.93. The first-order valence-corrected chi connectivity index (χ1v) is 10.2. The zero-order valence-corrected chi connectivity index (χ0v) is 17.3. The van der Waals surface area contributed by atoms with E-state index in [1.807, 2.05) is 24.5 Å². The van der Waals surface area contributed by atoms with Gasteiger partial charge in [-0.2, -0.15) is 0 Å². The van der Waals surface area contributed by atoms with Gasteiger partial charge in [0.15, 0.2) is 0 Å². The highest BCUT2D eigenvalue weighted by Gasteiger charge is 2.17. The Morgan fingerprint density at radius 1 is 1.28 bits per heavy atom. The molecular weight excluding hydrogens is 372 g/mol. The van der Waals surface area contributed by atoms with Crippen LogP contribution < -0.4 is 16.4 Å². The maximum atomic E-state index is 11.8. The third-order valence-corrected chi connectivity index (χ3v) is 5.10. The lowest BCUT2D eigenvalue weighted by Gasteiger charge is -2.29. The highest BCUT2D eigenvalue weighted by atomic mass is 16.5. The van der Waals surface area contributed by atoms with Gasteiger partial charge in [0, 0.05) is 39.3 Å². The van der Waals surface area contributed by atoms with Gasteiger partial charge < -0.3 is 30.4 Å². The number of rotatable bonds is 10. The molecule has 0 aliphatic carbocycles. The molecule has 2 heterocycles. The molecule has 160 valence electrons. The van der Waals surface area contributed by atoms with Crippen LogP contribution in [0.25, 0.3) is 11.0 Å². The van der Waals surface area contributed by atoms with Crippen molar-refractivity contribution in [3.8, 4) is 0 Å². The molecule has 0 saturated carbocycles. The van der Waals surface area contributed by atoms with Gasteiger partial charge in [0.05, 0.1) is 41.7 Å². The number of aromatic nitrogens is 2. The van der Waals surface area contributed by atoms with Crippen LogP contribution in [0, 0.1) is 0 Å². The first-order chi connectivity index (χ1) is 14.0. The zero-order chi connectivity index (χ0) is 20.8. The Bertz CT molecular complexity index is 816. The number of morpholine rings is 1. The maximum absolute atomic E-state index is 11.8. The minimum Gasteiger partial charge on any atom is -0.397 e. The summed E-state index contributed by atoms with van der Waals surface area (Å²) in [6.45, 7) is 9.92. The predicted molar refractivity (Wildman–Crippen MR) is 115 cm³/mol. The average molecular weight is 405 g/mol. The molecule has 2 aromatic rings. The van der Waals surface area contributed by atoms with Crippen molar-refractivity contribution in [1.82, 2.24) is 14.5 Å². The second-order valence-electron chi connectivity index (χ2n) is 7.55. The molecule has 0 spiro atoms. The maximum Gasteiger partial charge on any atom is 0.214 e. The molecule has 29 heavy (non-hydrogen) atoms. The molecular formula is C20H32N6O3. The molecule has 1 aliphatic rings. The molecule has 0 unspecified atom stereocenters. The van der Waals surface area contributed by atoms with Gasteiger partial charge in [0.1, 0.15) is 0 Å². The van der Waals surface area contributed by atoms with E-state index in [-0.39, 0.29) is 6.10 Å². The molecule has 1 amide bonds. The lowest BCUT2D eigenvalue weighted by atomic mass is 10.2. The monoisotopic (exact) mass is 404 g/mol. The van der Waals surface area contributed by atoms with Crippen molar-refractivity contribution >= 4 is 34.8 Å². The van der Waals surface area contributed by atoms with Crippen LogP contribution in [0.5, 0.6) is 0 Å². The number of hydrogen-bond acceptors (Lipinski definition) is 7. The number of ether oxygens (including phenoxy) is 2. The Morgan fingerprint density at radius 3 is 2.72 bits per heavy atom. The Hall–Kier alpha value is -2.36. The van der Waals surface area contributed by atoms with E-state index in [1.165, 1.54) is 0 Å². The van der Waals surface area contributed by atoms with E-state index in [1.54, 1.807) is 11.0 Å². The van der Waals surface area contributed by atoms with Gasteiger partial charge in [-0.1, -0.05) is 0 Å². The van der Waals surface area contributed by atoms with Gasteiger partial charge in [-0.05, 0) is 32.4 Å². The predicted octanol–water partition coefficient (Wildman–Crippen LogP) is 1.31. The summed E-state index contributed by atoms with van der Waals surface area (Å²) in [7, 11) is 0. The number of benzene rings is 1. The summed E-state index contributed by atoms with van der Waals surface area (Å²) in [5.41, 5.74) is 15.2. The number of anilines is 3. The highest BCUT2D eigenvalue weighted by Crippen LogP contribution is 2.30. The zero-order valence-electron chi connectivity index (χ0n) is 17.3. The number of hydrogen-bond donors (Lipinski definition) is 2. The van der Waals surface area contributed by atoms with Crippen LogP contribution in [0.1, 0.15) is 20.3 Å². The van der Waals surface area contributed by atoms with Crippen LogP contribution in [-0.4, -0.2) is 73.0 Å². The minimum absolute atomic E-state index is 0.200. The van der Waals surface area contributed by atoms with Crippen LogP contribution in [0.15, 0.2) is 12.1 Å². The molecule has 1 aliphatic heterocycles. The fraction of sp³-hybridized carbons (Fsp3) is 0.600. The summed E-state index contributed by atoms with van der Waals surface area (Å²) < 4.78 is 12.9. The fourth-order valence-electron chi connectivity index (χ4n) is 3.52. The molecule has 9 nitrogen and oxygen atoms in total. The second-order valence-corrected chi connectivity index (χ2v) is 7.55. The van der Waals surface area contributed by atoms with Crippen LogP contribution in [0.2, 0.25) is 0 Å². The van der Waals surface area contributed by atoms with E-state index in [9.17, 15) is 4.79 Å². The summed E-state index contributed by atoms with van der Waals surface area (Å²) >= 11 is 0. The van der Waals surface area contributed by atoms with E-state index in [4.69, 9.17) is 20.9 Å². The standard InChI is InChI=1S/C20H32N6O3/c1-15(2)29-9-3-4-26-19-13-18(16(21)12-17(19)23-20(26)22)25(14-27)6-5-24-7-10-28-11-8-24/h12-15H,3-11,21H2,1-2H3,(H2,22,23). The van der Waals surface area contributed by atoms with Crippen molar-refractivity contribution in [1.29, 1.82) is 0 Å². The molecule has 1 saturated heterocycles. The molecule has 4 N–H and O–H groups in total. The normalized spacial score (nSPS) is 15.3. The number of nitrogens with two attached hydrogens (primary N) is 2. The number of carbonyl (C=O) groups is 1. The van der Waals surface area contributed by atoms with Crippen molar-refractivity contribution in [3.63, 3.8) is 0 Å². The summed E-state index contributed by atoms with van der Waals surface area (Å²) in [6, 6.07) is 3.69. The minimum atomic E-state index is 0.200. The van der Waals surface area contributed by atoms with Crippen LogP contribution >= 0.6 is 0 Å². The van der Waals surface area contributed by atoms with E-state index >= 15 is 0 Å². The Balaban J connectivity index is 1.76. The SMILES string of the molecule is CC(C)OCCCn1c(N)nc2cc(N)c(N(C=O)CCN3CCOCC3)cc21. The second kappa shape index (κ2) is 9.91. The average Bonchev–Trinajstić information content (AvgIpc) is 3.00. The van der Waals surface area contributed by atoms with Gasteiger partial charge in [0.2, 0.25) is 12.4 Å². The fourth-order valence-corrected chi connectivity index (χ4v) is 3.52. The van der Waals surface area contributed by atoms with E-state index in [0.717, 1.165) is 56.7 Å². The van der Waals surface area contributed by atoms with E-state index in [0.29, 0.717) is 37.0 Å². The number of nitrogens with zero attached hydrogens (tertiary/aromatic N) is 4. The number of aryl methyl sites for hydroxylation is 1. The number of amides is 1. The van der Waals surface area contributed by atoms with Gasteiger partial charge in [-0.3, -0.25) is 9.69 Å². The number of fused-ring (bicyclic) bond motifs is 1. The lowest BCUT2D eigenvalue weighted by Crippen LogP contribution is -2.41. The molecule has 0 radical (unpaired) electrons. The van der Waals surface area contributed by atoms with Crippen LogP contribution in [0.3, 0.4) is 0 Å². The summed E-state index contributed by atoms with van der Waals surface area (Å²) in [4.78, 5) is 20.2. The Kier molecular flexibility index (Phi) is 7.29. The van der Waals surface area contributed by atoms with Crippen molar-refractivity contribution in [3.05, 3.63) is 12.1 Å². The van der Waals surface area contributed by atoms with Crippen molar-refractivity contribution < 1.29 is 14.3 Å². The summed E-state index contributed by atoms with van der Waals surface area (Å²) in [5, 5.41) is 0. The van der Waals surface area contributed by atoms with Gasteiger partial charge in [-0.15, -0.1) is 0 Å². The Morgan fingerprint density at radius 2 is 2.03 bits per heavy atom. The third-order valence-electron chi connectivity index (χ3n) is 5.10. The van der Waals surface area contributed by atoms with Crippen molar-refractivity contribution in [2.24, 2.45) is 0 Å². The first-order valence-electron chi connectivity index (χ1n) is 10.2. The molecule has 1 aromatic carbocycles. The topological polar surface area (TPSA) is 112 Å². The number of nitrogen functional groups attached to an aromatic ring is 2. The largest absolute Gasteiger partial charge is 0.397 e. The van der Waals surface area contributed by atoms with Gasteiger partial charge in [-0.25, -0.2) is 4.98 Å². The number of carbonyl (C=O) groups excluding carboxylic acids is 1. The molecule has 3 rings (SSSR count). The quantitative estimate of drug-likeness (QED) is 0.349. The van der Waals surface area contributed by atoms with Crippen molar-refractivity contribution in [2.45, 2.75) is 32.9 Å². The molecule has 0 bridgehead atoms. The van der Waals surface area contributed by atoms with E-state index < -0.39 is 0 Å². The van der Waals surface area contributed by atoms with Crippen LogP contribution in [-0.2, 0) is 20.8 Å². The summed E-state index contributed by atoms with van der Waals surface area (Å²) in [5.74, 6) is 0.437. The molecule has 0 atom stereocenters. The Labute approximate surface area is 171 Å². The van der Waals surface area contributed by atoms with Crippen LogP contribution in [0.4, 0.5) is 17.3 Å². The van der Waals surface area contributed by atoms with Gasteiger partial charge >= 0.3 is 0 Å². The summed E-state index contributed by atoms with van der Waals surface area (Å²) in [6.07, 6.45) is 1.85. The first kappa shape index (κ1) is 21.4. The van der Waals surface area contributed by atoms with Crippen molar-refractivity contribution in [2.75, 3.05) is 62.4 Å². The van der Waals surface area contributed by atoms with Gasteiger partial charge in [0.25, 0.3) is 0 Å². The molecule has 1 fully saturated rings. The smallest absolute Gasteiger partial charge is 0.214 e. The van der Waals surface area contributed by atoms with E-state index in [2.05, 4.69) is 9.88 Å². The lowest BCUT2D eigenvalue weighted by molar-refractivity contribution is -0.107. The molecule has 9 heteroatoms. The molecule has 1 aromatic heterocycles.